The molecule has 0 heterocycles. The molecule has 62 valence electrons. The summed E-state index contributed by atoms with van der Waals surface area (Å²) >= 11 is 0. The van der Waals surface area contributed by atoms with Gasteiger partial charge in [0.05, 0.1) is 6.61 Å². The first kappa shape index (κ1) is 8.54. The van der Waals surface area contributed by atoms with Gasteiger partial charge in [-0.05, 0) is 18.4 Å². The van der Waals surface area contributed by atoms with E-state index in [0.29, 0.717) is 5.92 Å². The maximum absolute atomic E-state index is 5.08. The van der Waals surface area contributed by atoms with Crippen LogP contribution in [0.1, 0.15) is 19.8 Å². The number of hydrogen-bond donors (Lipinski definition) is 0. The summed E-state index contributed by atoms with van der Waals surface area (Å²) in [5.41, 5.74) is 1.43. The third-order valence-corrected chi connectivity index (χ3v) is 2.01. The van der Waals surface area contributed by atoms with Crippen LogP contribution in [0.15, 0.2) is 23.8 Å². The summed E-state index contributed by atoms with van der Waals surface area (Å²) < 4.78 is 5.08. The van der Waals surface area contributed by atoms with E-state index in [1.165, 1.54) is 18.4 Å². The molecule has 0 aromatic rings. The summed E-state index contributed by atoms with van der Waals surface area (Å²) in [6.07, 6.45) is 9.15. The molecule has 1 nitrogen and oxygen atoms in total. The molecule has 0 aromatic carbocycles. The Hall–Kier alpha value is -0.560. The number of rotatable bonds is 3. The highest BCUT2D eigenvalue weighted by molar-refractivity contribution is 5.24. The van der Waals surface area contributed by atoms with Crippen molar-refractivity contribution in [1.82, 2.24) is 0 Å². The topological polar surface area (TPSA) is 9.23 Å². The Kier molecular flexibility index (Phi) is 3.37. The van der Waals surface area contributed by atoms with E-state index < -0.39 is 0 Å². The van der Waals surface area contributed by atoms with Crippen molar-refractivity contribution in [2.75, 3.05) is 13.7 Å². The quantitative estimate of drug-likeness (QED) is 0.604. The molecule has 1 aliphatic rings. The second-order valence-electron chi connectivity index (χ2n) is 3.04. The zero-order valence-corrected chi connectivity index (χ0v) is 7.34. The number of ether oxygens (including phenoxy) is 1. The summed E-state index contributed by atoms with van der Waals surface area (Å²) in [7, 11) is 1.75. The van der Waals surface area contributed by atoms with Gasteiger partial charge in [-0.15, -0.1) is 0 Å². The van der Waals surface area contributed by atoms with Gasteiger partial charge in [-0.3, -0.25) is 0 Å². The van der Waals surface area contributed by atoms with E-state index in [1.807, 2.05) is 0 Å². The van der Waals surface area contributed by atoms with E-state index >= 15 is 0 Å². The van der Waals surface area contributed by atoms with Crippen molar-refractivity contribution in [3.63, 3.8) is 0 Å². The monoisotopic (exact) mass is 152 g/mol. The van der Waals surface area contributed by atoms with E-state index in [9.17, 15) is 0 Å². The summed E-state index contributed by atoms with van der Waals surface area (Å²) in [5.74, 6) is 0.552. The van der Waals surface area contributed by atoms with Crippen LogP contribution >= 0.6 is 0 Å². The molecule has 1 atom stereocenters. The van der Waals surface area contributed by atoms with Crippen molar-refractivity contribution in [3.05, 3.63) is 23.8 Å². The SMILES string of the molecule is COC[C@@H](C)C1=CCCC=C1. The van der Waals surface area contributed by atoms with Crippen LogP contribution in [0.3, 0.4) is 0 Å². The second kappa shape index (κ2) is 4.35. The Morgan fingerprint density at radius 3 is 2.91 bits per heavy atom. The maximum atomic E-state index is 5.08. The van der Waals surface area contributed by atoms with Crippen LogP contribution in [0, 0.1) is 5.92 Å². The fourth-order valence-electron chi connectivity index (χ4n) is 1.35. The van der Waals surface area contributed by atoms with Crippen molar-refractivity contribution in [1.29, 1.82) is 0 Å². The lowest BCUT2D eigenvalue weighted by Crippen LogP contribution is -2.06. The molecule has 0 radical (unpaired) electrons. The minimum absolute atomic E-state index is 0.552. The third-order valence-electron chi connectivity index (χ3n) is 2.01. The van der Waals surface area contributed by atoms with Gasteiger partial charge < -0.3 is 4.74 Å². The van der Waals surface area contributed by atoms with E-state index in [1.54, 1.807) is 7.11 Å². The van der Waals surface area contributed by atoms with E-state index in [-0.39, 0.29) is 0 Å². The highest BCUT2D eigenvalue weighted by Gasteiger charge is 2.06. The molecule has 0 spiro atoms. The van der Waals surface area contributed by atoms with Gasteiger partial charge in [0.1, 0.15) is 0 Å². The van der Waals surface area contributed by atoms with Crippen LogP contribution in [0.4, 0.5) is 0 Å². The van der Waals surface area contributed by atoms with Gasteiger partial charge >= 0.3 is 0 Å². The molecular formula is C10H16O. The fourth-order valence-corrected chi connectivity index (χ4v) is 1.35. The van der Waals surface area contributed by atoms with Gasteiger partial charge in [-0.1, -0.05) is 25.2 Å². The maximum Gasteiger partial charge on any atom is 0.0528 e. The highest BCUT2D eigenvalue weighted by atomic mass is 16.5. The number of methoxy groups -OCH3 is 1. The van der Waals surface area contributed by atoms with Gasteiger partial charge in [-0.2, -0.15) is 0 Å². The van der Waals surface area contributed by atoms with Gasteiger partial charge in [0, 0.05) is 13.0 Å². The van der Waals surface area contributed by atoms with Crippen molar-refractivity contribution >= 4 is 0 Å². The first-order valence-corrected chi connectivity index (χ1v) is 4.20. The molecule has 0 N–H and O–H groups in total. The molecule has 0 amide bonds. The normalized spacial score (nSPS) is 19.6. The molecule has 0 aliphatic heterocycles. The lowest BCUT2D eigenvalue weighted by molar-refractivity contribution is 0.173. The fraction of sp³-hybridized carbons (Fsp3) is 0.600. The number of allylic oxidation sites excluding steroid dienone is 3. The van der Waals surface area contributed by atoms with Crippen molar-refractivity contribution in [3.8, 4) is 0 Å². The van der Waals surface area contributed by atoms with E-state index in [2.05, 4.69) is 25.2 Å². The minimum atomic E-state index is 0.552. The first-order valence-electron chi connectivity index (χ1n) is 4.20. The van der Waals surface area contributed by atoms with Crippen LogP contribution in [-0.2, 0) is 4.74 Å². The van der Waals surface area contributed by atoms with Gasteiger partial charge in [-0.25, -0.2) is 0 Å². The average Bonchev–Trinajstić information content (AvgIpc) is 2.07. The predicted octanol–water partition coefficient (Wildman–Crippen LogP) is 2.55. The molecule has 0 bridgehead atoms. The summed E-state index contributed by atoms with van der Waals surface area (Å²) in [4.78, 5) is 0. The molecule has 1 aliphatic carbocycles. The zero-order chi connectivity index (χ0) is 8.10. The molecular weight excluding hydrogens is 136 g/mol. The standard InChI is InChI=1S/C10H16O/c1-9(8-11-2)10-6-4-3-5-7-10/h4,6-7,9H,3,5,8H2,1-2H3/t9-/m1/s1. The van der Waals surface area contributed by atoms with Crippen LogP contribution < -0.4 is 0 Å². The van der Waals surface area contributed by atoms with Crippen molar-refractivity contribution < 1.29 is 4.74 Å². The van der Waals surface area contributed by atoms with Crippen molar-refractivity contribution in [2.45, 2.75) is 19.8 Å². The third kappa shape index (κ3) is 2.51. The molecule has 0 unspecified atom stereocenters. The zero-order valence-electron chi connectivity index (χ0n) is 7.34. The average molecular weight is 152 g/mol. The molecule has 0 aromatic heterocycles. The number of hydrogen-bond acceptors (Lipinski definition) is 1. The lowest BCUT2D eigenvalue weighted by Gasteiger charge is -2.13. The Morgan fingerprint density at radius 1 is 1.55 bits per heavy atom. The predicted molar refractivity (Wildman–Crippen MR) is 47.5 cm³/mol. The van der Waals surface area contributed by atoms with Crippen LogP contribution in [-0.4, -0.2) is 13.7 Å². The molecule has 1 heteroatoms. The second-order valence-corrected chi connectivity index (χ2v) is 3.04. The minimum Gasteiger partial charge on any atom is -0.384 e. The first-order chi connectivity index (χ1) is 5.34. The summed E-state index contributed by atoms with van der Waals surface area (Å²) in [6.45, 7) is 3.03. The van der Waals surface area contributed by atoms with Gasteiger partial charge in [0.15, 0.2) is 0 Å². The summed E-state index contributed by atoms with van der Waals surface area (Å²) in [6, 6.07) is 0. The Bertz CT molecular complexity index is 168. The molecule has 11 heavy (non-hydrogen) atoms. The Labute approximate surface area is 68.8 Å². The highest BCUT2D eigenvalue weighted by Crippen LogP contribution is 2.17. The summed E-state index contributed by atoms with van der Waals surface area (Å²) in [5, 5.41) is 0. The van der Waals surface area contributed by atoms with Gasteiger partial charge in [0.25, 0.3) is 0 Å². The van der Waals surface area contributed by atoms with Crippen molar-refractivity contribution in [2.24, 2.45) is 5.92 Å². The largest absolute Gasteiger partial charge is 0.384 e. The lowest BCUT2D eigenvalue weighted by atomic mass is 9.96. The Balaban J connectivity index is 2.45. The molecule has 1 rings (SSSR count). The Morgan fingerprint density at radius 2 is 2.36 bits per heavy atom. The van der Waals surface area contributed by atoms with Crippen LogP contribution in [0.5, 0.6) is 0 Å². The smallest absolute Gasteiger partial charge is 0.0528 e. The van der Waals surface area contributed by atoms with E-state index in [4.69, 9.17) is 4.74 Å². The van der Waals surface area contributed by atoms with Crippen LogP contribution in [0.25, 0.3) is 0 Å². The molecule has 0 fully saturated rings. The van der Waals surface area contributed by atoms with Crippen LogP contribution in [0.2, 0.25) is 0 Å². The molecule has 0 saturated heterocycles. The van der Waals surface area contributed by atoms with E-state index in [0.717, 1.165) is 6.61 Å². The van der Waals surface area contributed by atoms with Gasteiger partial charge in [0.2, 0.25) is 0 Å². The molecule has 0 saturated carbocycles.